The molecule has 0 aromatic heterocycles. The first-order chi connectivity index (χ1) is 9.27. The van der Waals surface area contributed by atoms with Gasteiger partial charge in [-0.15, -0.1) is 0 Å². The predicted molar refractivity (Wildman–Crippen MR) is 81.8 cm³/mol. The normalized spacial score (nSPS) is 10.4. The van der Waals surface area contributed by atoms with E-state index < -0.39 is 0 Å². The number of alkyl halides is 1. The summed E-state index contributed by atoms with van der Waals surface area (Å²) < 4.78 is 5.44. The third kappa shape index (κ3) is 6.73. The number of benzene rings is 1. The van der Waals surface area contributed by atoms with Gasteiger partial charge in [0.15, 0.2) is 0 Å². The lowest BCUT2D eigenvalue weighted by Crippen LogP contribution is -2.25. The smallest absolute Gasteiger partial charge is 0.251 e. The minimum atomic E-state index is -0.0173. The standard InChI is InChI=1S/C15H22BrNO2/c1-2-3-9-19-10-5-8-17-15(18)14-7-4-6-13(11-14)12-16/h4,6-7,11H,2-3,5,8-10,12H2,1H3,(H,17,18). The first-order valence-electron chi connectivity index (χ1n) is 6.78. The van der Waals surface area contributed by atoms with Crippen LogP contribution in [-0.2, 0) is 10.1 Å². The van der Waals surface area contributed by atoms with Gasteiger partial charge < -0.3 is 10.1 Å². The second-order valence-corrected chi connectivity index (χ2v) is 4.97. The van der Waals surface area contributed by atoms with E-state index in [1.807, 2.05) is 24.3 Å². The molecule has 0 aliphatic rings. The van der Waals surface area contributed by atoms with Crippen LogP contribution in [0.15, 0.2) is 24.3 Å². The van der Waals surface area contributed by atoms with Crippen LogP contribution in [0.3, 0.4) is 0 Å². The number of amides is 1. The van der Waals surface area contributed by atoms with Crippen molar-refractivity contribution in [3.63, 3.8) is 0 Å². The summed E-state index contributed by atoms with van der Waals surface area (Å²) in [4.78, 5) is 11.9. The summed E-state index contributed by atoms with van der Waals surface area (Å²) in [7, 11) is 0. The van der Waals surface area contributed by atoms with Gasteiger partial charge in [-0.25, -0.2) is 0 Å². The number of rotatable bonds is 9. The SMILES string of the molecule is CCCCOCCCNC(=O)c1cccc(CBr)c1. The second kappa shape index (κ2) is 9.98. The third-order valence-electron chi connectivity index (χ3n) is 2.74. The van der Waals surface area contributed by atoms with Crippen molar-refractivity contribution in [3.8, 4) is 0 Å². The molecule has 0 aliphatic carbocycles. The minimum Gasteiger partial charge on any atom is -0.381 e. The number of hydrogen-bond donors (Lipinski definition) is 1. The molecular formula is C15H22BrNO2. The molecule has 0 saturated carbocycles. The average molecular weight is 328 g/mol. The molecule has 0 atom stereocenters. The van der Waals surface area contributed by atoms with Gasteiger partial charge in [0.05, 0.1) is 0 Å². The third-order valence-corrected chi connectivity index (χ3v) is 3.38. The van der Waals surface area contributed by atoms with E-state index in [-0.39, 0.29) is 5.91 Å². The molecule has 0 heterocycles. The van der Waals surface area contributed by atoms with E-state index in [2.05, 4.69) is 28.2 Å². The van der Waals surface area contributed by atoms with Gasteiger partial charge in [0.2, 0.25) is 0 Å². The van der Waals surface area contributed by atoms with Gasteiger partial charge >= 0.3 is 0 Å². The number of ether oxygens (including phenoxy) is 1. The molecular weight excluding hydrogens is 306 g/mol. The highest BCUT2D eigenvalue weighted by Crippen LogP contribution is 2.08. The summed E-state index contributed by atoms with van der Waals surface area (Å²) in [6.45, 7) is 4.33. The summed E-state index contributed by atoms with van der Waals surface area (Å²) in [6, 6.07) is 7.63. The Balaban J connectivity index is 2.20. The van der Waals surface area contributed by atoms with Gasteiger partial charge in [-0.2, -0.15) is 0 Å². The minimum absolute atomic E-state index is 0.0173. The number of halogens is 1. The summed E-state index contributed by atoms with van der Waals surface area (Å²) in [6.07, 6.45) is 3.11. The van der Waals surface area contributed by atoms with Crippen molar-refractivity contribution in [2.75, 3.05) is 19.8 Å². The highest BCUT2D eigenvalue weighted by atomic mass is 79.9. The Bertz CT molecular complexity index is 382. The van der Waals surface area contributed by atoms with Crippen LogP contribution in [-0.4, -0.2) is 25.7 Å². The zero-order valence-corrected chi connectivity index (χ0v) is 13.0. The second-order valence-electron chi connectivity index (χ2n) is 4.41. The van der Waals surface area contributed by atoms with Crippen molar-refractivity contribution < 1.29 is 9.53 Å². The van der Waals surface area contributed by atoms with Gasteiger partial charge in [-0.3, -0.25) is 4.79 Å². The lowest BCUT2D eigenvalue weighted by Gasteiger charge is -2.07. The average Bonchev–Trinajstić information content (AvgIpc) is 2.46. The molecule has 1 N–H and O–H groups in total. The maximum absolute atomic E-state index is 11.9. The first-order valence-corrected chi connectivity index (χ1v) is 7.91. The van der Waals surface area contributed by atoms with Crippen LogP contribution in [0.4, 0.5) is 0 Å². The largest absolute Gasteiger partial charge is 0.381 e. The van der Waals surface area contributed by atoms with Crippen molar-refractivity contribution in [3.05, 3.63) is 35.4 Å². The van der Waals surface area contributed by atoms with Gasteiger partial charge in [0.1, 0.15) is 0 Å². The van der Waals surface area contributed by atoms with Crippen molar-refractivity contribution in [2.45, 2.75) is 31.5 Å². The molecule has 1 amide bonds. The van der Waals surface area contributed by atoms with Crippen LogP contribution in [0, 0.1) is 0 Å². The highest BCUT2D eigenvalue weighted by molar-refractivity contribution is 9.08. The molecule has 0 aliphatic heterocycles. The van der Waals surface area contributed by atoms with E-state index in [1.165, 1.54) is 0 Å². The Labute approximate surface area is 123 Å². The van der Waals surface area contributed by atoms with E-state index in [1.54, 1.807) is 0 Å². The number of nitrogens with one attached hydrogen (secondary N) is 1. The number of carbonyl (C=O) groups is 1. The van der Waals surface area contributed by atoms with Gasteiger partial charge in [-0.1, -0.05) is 41.4 Å². The Morgan fingerprint density at radius 2 is 2.11 bits per heavy atom. The fraction of sp³-hybridized carbons (Fsp3) is 0.533. The van der Waals surface area contributed by atoms with Crippen molar-refractivity contribution in [1.29, 1.82) is 0 Å². The van der Waals surface area contributed by atoms with E-state index in [0.29, 0.717) is 18.7 Å². The van der Waals surface area contributed by atoms with Gasteiger partial charge in [0, 0.05) is 30.7 Å². The van der Waals surface area contributed by atoms with Gasteiger partial charge in [-0.05, 0) is 30.5 Å². The molecule has 0 spiro atoms. The van der Waals surface area contributed by atoms with Crippen LogP contribution < -0.4 is 5.32 Å². The molecule has 106 valence electrons. The molecule has 0 fully saturated rings. The Morgan fingerprint density at radius 1 is 1.32 bits per heavy atom. The summed E-state index contributed by atoms with van der Waals surface area (Å²) >= 11 is 3.39. The van der Waals surface area contributed by atoms with Crippen LogP contribution >= 0.6 is 15.9 Å². The molecule has 0 radical (unpaired) electrons. The monoisotopic (exact) mass is 327 g/mol. The summed E-state index contributed by atoms with van der Waals surface area (Å²) in [5.41, 5.74) is 1.82. The molecule has 0 unspecified atom stereocenters. The summed E-state index contributed by atoms with van der Waals surface area (Å²) in [5.74, 6) is -0.0173. The van der Waals surface area contributed by atoms with Gasteiger partial charge in [0.25, 0.3) is 5.91 Å². The molecule has 4 heteroatoms. The van der Waals surface area contributed by atoms with E-state index in [4.69, 9.17) is 4.74 Å². The van der Waals surface area contributed by atoms with Crippen LogP contribution in [0.5, 0.6) is 0 Å². The molecule has 19 heavy (non-hydrogen) atoms. The molecule has 3 nitrogen and oxygen atoms in total. The lowest BCUT2D eigenvalue weighted by molar-refractivity contribution is 0.0940. The maximum atomic E-state index is 11.9. The molecule has 0 saturated heterocycles. The van der Waals surface area contributed by atoms with Crippen LogP contribution in [0.1, 0.15) is 42.1 Å². The predicted octanol–water partition coefficient (Wildman–Crippen LogP) is 3.52. The van der Waals surface area contributed by atoms with Crippen molar-refractivity contribution in [1.82, 2.24) is 5.32 Å². The number of unbranched alkanes of at least 4 members (excludes halogenated alkanes) is 1. The van der Waals surface area contributed by atoms with Crippen LogP contribution in [0.2, 0.25) is 0 Å². The van der Waals surface area contributed by atoms with E-state index in [9.17, 15) is 4.79 Å². The molecule has 0 bridgehead atoms. The fourth-order valence-electron chi connectivity index (χ4n) is 1.62. The maximum Gasteiger partial charge on any atom is 0.251 e. The Hall–Kier alpha value is -0.870. The van der Waals surface area contributed by atoms with E-state index in [0.717, 1.165) is 36.8 Å². The molecule has 1 rings (SSSR count). The Morgan fingerprint density at radius 3 is 2.84 bits per heavy atom. The lowest BCUT2D eigenvalue weighted by atomic mass is 10.1. The number of carbonyl (C=O) groups excluding carboxylic acids is 1. The number of hydrogen-bond acceptors (Lipinski definition) is 2. The van der Waals surface area contributed by atoms with Crippen molar-refractivity contribution >= 4 is 21.8 Å². The van der Waals surface area contributed by atoms with Crippen molar-refractivity contribution in [2.24, 2.45) is 0 Å². The Kier molecular flexibility index (Phi) is 8.50. The topological polar surface area (TPSA) is 38.3 Å². The first kappa shape index (κ1) is 16.2. The summed E-state index contributed by atoms with van der Waals surface area (Å²) in [5, 5.41) is 3.67. The molecule has 1 aromatic carbocycles. The molecule has 1 aromatic rings. The van der Waals surface area contributed by atoms with Crippen LogP contribution in [0.25, 0.3) is 0 Å². The zero-order chi connectivity index (χ0) is 13.9. The fourth-order valence-corrected chi connectivity index (χ4v) is 1.97. The zero-order valence-electron chi connectivity index (χ0n) is 11.5. The van der Waals surface area contributed by atoms with E-state index >= 15 is 0 Å². The highest BCUT2D eigenvalue weighted by Gasteiger charge is 2.04. The quantitative estimate of drug-likeness (QED) is 0.556.